The number of halogens is 1. The van der Waals surface area contributed by atoms with Crippen molar-refractivity contribution in [3.8, 4) is 0 Å². The molecule has 0 amide bonds. The second kappa shape index (κ2) is 14.3. The topological polar surface area (TPSA) is 42.9 Å². The van der Waals surface area contributed by atoms with Crippen molar-refractivity contribution < 1.29 is 0 Å². The summed E-state index contributed by atoms with van der Waals surface area (Å²) in [4.78, 5) is 8.86. The Morgan fingerprint density at radius 1 is 1.00 bits per heavy atom. The van der Waals surface area contributed by atoms with Crippen LogP contribution >= 0.6 is 24.0 Å². The smallest absolute Gasteiger partial charge is 0.190 e. The summed E-state index contributed by atoms with van der Waals surface area (Å²) in [5, 5.41) is 6.74. The number of benzene rings is 1. The van der Waals surface area contributed by atoms with E-state index in [2.05, 4.69) is 76.8 Å². The molecule has 0 saturated carbocycles. The van der Waals surface area contributed by atoms with E-state index in [4.69, 9.17) is 0 Å². The largest absolute Gasteiger partial charge is 0.372 e. The molecule has 1 aromatic carbocycles. The lowest BCUT2D eigenvalue weighted by Gasteiger charge is -2.23. The maximum atomic E-state index is 4.27. The number of nitrogens with zero attached hydrogens (tertiary/aromatic N) is 3. The minimum absolute atomic E-state index is 0. The maximum absolute atomic E-state index is 4.27. The fourth-order valence-electron chi connectivity index (χ4n) is 2.41. The molecular weight excluding hydrogens is 413 g/mol. The van der Waals surface area contributed by atoms with Crippen LogP contribution < -0.4 is 15.5 Å². The van der Waals surface area contributed by atoms with Gasteiger partial charge in [0.25, 0.3) is 0 Å². The number of anilines is 1. The van der Waals surface area contributed by atoms with Crippen LogP contribution in [-0.4, -0.2) is 64.7 Å². The Morgan fingerprint density at radius 3 is 2.08 bits per heavy atom. The molecule has 0 aliphatic carbocycles. The van der Waals surface area contributed by atoms with E-state index in [-0.39, 0.29) is 24.0 Å². The number of aliphatic imine (C=N–C) groups is 1. The highest BCUT2D eigenvalue weighted by Crippen LogP contribution is 2.12. The summed E-state index contributed by atoms with van der Waals surface area (Å²) in [6.07, 6.45) is 2.20. The van der Waals surface area contributed by atoms with Gasteiger partial charge in [-0.15, -0.1) is 24.0 Å². The van der Waals surface area contributed by atoms with Crippen LogP contribution in [0.15, 0.2) is 35.3 Å². The predicted octanol–water partition coefficient (Wildman–Crippen LogP) is 2.64. The van der Waals surface area contributed by atoms with Crippen LogP contribution in [0.5, 0.6) is 0 Å². The molecule has 1 rings (SSSR count). The fourth-order valence-corrected chi connectivity index (χ4v) is 2.41. The number of nitrogens with one attached hydrogen (secondary N) is 2. The normalized spacial score (nSPS) is 11.1. The third kappa shape index (κ3) is 9.97. The minimum Gasteiger partial charge on any atom is -0.372 e. The summed E-state index contributed by atoms with van der Waals surface area (Å²) in [7, 11) is 6.02. The van der Waals surface area contributed by atoms with Crippen molar-refractivity contribution in [1.82, 2.24) is 15.5 Å². The van der Waals surface area contributed by atoms with Gasteiger partial charge in [0.15, 0.2) is 5.96 Å². The molecule has 138 valence electrons. The van der Waals surface area contributed by atoms with Crippen molar-refractivity contribution in [3.63, 3.8) is 0 Å². The maximum Gasteiger partial charge on any atom is 0.190 e. The average molecular weight is 447 g/mol. The van der Waals surface area contributed by atoms with Crippen molar-refractivity contribution in [3.05, 3.63) is 30.3 Å². The fraction of sp³-hybridized carbons (Fsp3) is 0.611. The van der Waals surface area contributed by atoms with Gasteiger partial charge in [-0.05, 0) is 52.5 Å². The molecule has 5 nitrogen and oxygen atoms in total. The van der Waals surface area contributed by atoms with Crippen molar-refractivity contribution in [1.29, 1.82) is 0 Å². The zero-order chi connectivity index (χ0) is 16.9. The van der Waals surface area contributed by atoms with E-state index >= 15 is 0 Å². The van der Waals surface area contributed by atoms with Gasteiger partial charge in [-0.1, -0.05) is 18.2 Å². The standard InChI is InChI=1S/C18H33N5.HI/c1-5-23(17-11-7-6-8-12-17)16-10-14-21-18(19-2)20-13-9-15-22(3)4;/h6-8,11-12H,5,9-10,13-16H2,1-4H3,(H2,19,20,21);1H. The van der Waals surface area contributed by atoms with Gasteiger partial charge < -0.3 is 20.4 Å². The molecule has 6 heteroatoms. The summed E-state index contributed by atoms with van der Waals surface area (Å²) in [6, 6.07) is 10.6. The number of hydrogen-bond acceptors (Lipinski definition) is 3. The molecule has 0 bridgehead atoms. The van der Waals surface area contributed by atoms with Crippen LogP contribution in [0.2, 0.25) is 0 Å². The first kappa shape index (κ1) is 23.0. The second-order valence-electron chi connectivity index (χ2n) is 5.85. The van der Waals surface area contributed by atoms with Crippen molar-refractivity contribution >= 4 is 35.6 Å². The summed E-state index contributed by atoms with van der Waals surface area (Å²) in [5.74, 6) is 0.895. The zero-order valence-corrected chi connectivity index (χ0v) is 17.9. The molecule has 0 spiro atoms. The van der Waals surface area contributed by atoms with Gasteiger partial charge in [-0.3, -0.25) is 4.99 Å². The van der Waals surface area contributed by atoms with Gasteiger partial charge in [-0.25, -0.2) is 0 Å². The third-order valence-electron chi connectivity index (χ3n) is 3.70. The second-order valence-corrected chi connectivity index (χ2v) is 5.85. The molecule has 0 heterocycles. The van der Waals surface area contributed by atoms with Crippen molar-refractivity contribution in [2.75, 3.05) is 58.8 Å². The molecule has 2 N–H and O–H groups in total. The van der Waals surface area contributed by atoms with Gasteiger partial charge >= 0.3 is 0 Å². The lowest BCUT2D eigenvalue weighted by molar-refractivity contribution is 0.399. The van der Waals surface area contributed by atoms with Gasteiger partial charge in [0.2, 0.25) is 0 Å². The van der Waals surface area contributed by atoms with Crippen molar-refractivity contribution in [2.24, 2.45) is 4.99 Å². The lowest BCUT2D eigenvalue weighted by Crippen LogP contribution is -2.39. The highest BCUT2D eigenvalue weighted by Gasteiger charge is 2.03. The van der Waals surface area contributed by atoms with E-state index in [9.17, 15) is 0 Å². The Bertz CT molecular complexity index is 436. The van der Waals surface area contributed by atoms with Crippen LogP contribution in [0.3, 0.4) is 0 Å². The molecule has 0 fully saturated rings. The predicted molar refractivity (Wildman–Crippen MR) is 117 cm³/mol. The molecule has 24 heavy (non-hydrogen) atoms. The van der Waals surface area contributed by atoms with E-state index in [1.165, 1.54) is 5.69 Å². The number of guanidine groups is 1. The quantitative estimate of drug-likeness (QED) is 0.251. The molecular formula is C18H34IN5. The molecule has 0 aromatic heterocycles. The Balaban J connectivity index is 0.00000529. The van der Waals surface area contributed by atoms with Crippen LogP contribution in [-0.2, 0) is 0 Å². The Kier molecular flexibility index (Phi) is 13.7. The SMILES string of the molecule is CCN(CCCNC(=NC)NCCCN(C)C)c1ccccc1.I. The van der Waals surface area contributed by atoms with E-state index in [0.717, 1.165) is 51.5 Å². The van der Waals surface area contributed by atoms with E-state index in [1.807, 2.05) is 7.05 Å². The first-order valence-corrected chi connectivity index (χ1v) is 8.56. The highest BCUT2D eigenvalue weighted by atomic mass is 127. The van der Waals surface area contributed by atoms with Crippen LogP contribution in [0.4, 0.5) is 5.69 Å². The zero-order valence-electron chi connectivity index (χ0n) is 15.6. The monoisotopic (exact) mass is 447 g/mol. The Hall–Kier alpha value is -1.02. The van der Waals surface area contributed by atoms with E-state index < -0.39 is 0 Å². The Labute approximate surface area is 164 Å². The minimum atomic E-state index is 0. The molecule has 0 unspecified atom stereocenters. The van der Waals surface area contributed by atoms with Crippen molar-refractivity contribution in [2.45, 2.75) is 19.8 Å². The lowest BCUT2D eigenvalue weighted by atomic mass is 10.2. The summed E-state index contributed by atoms with van der Waals surface area (Å²) in [5.41, 5.74) is 1.29. The molecule has 0 saturated heterocycles. The first-order valence-electron chi connectivity index (χ1n) is 8.56. The number of rotatable bonds is 10. The molecule has 0 aliphatic rings. The van der Waals surface area contributed by atoms with Gasteiger partial charge in [0.05, 0.1) is 0 Å². The van der Waals surface area contributed by atoms with Gasteiger partial charge in [0, 0.05) is 38.9 Å². The number of para-hydroxylation sites is 1. The molecule has 0 atom stereocenters. The number of hydrogen-bond donors (Lipinski definition) is 2. The van der Waals surface area contributed by atoms with Crippen LogP contribution in [0, 0.1) is 0 Å². The summed E-state index contributed by atoms with van der Waals surface area (Å²) >= 11 is 0. The van der Waals surface area contributed by atoms with E-state index in [0.29, 0.717) is 0 Å². The Morgan fingerprint density at radius 2 is 1.58 bits per heavy atom. The van der Waals surface area contributed by atoms with Crippen LogP contribution in [0.25, 0.3) is 0 Å². The van der Waals surface area contributed by atoms with Gasteiger partial charge in [0.1, 0.15) is 0 Å². The average Bonchev–Trinajstić information content (AvgIpc) is 2.57. The molecule has 1 aromatic rings. The highest BCUT2D eigenvalue weighted by molar-refractivity contribution is 14.0. The molecule has 0 aliphatic heterocycles. The van der Waals surface area contributed by atoms with Crippen LogP contribution in [0.1, 0.15) is 19.8 Å². The van der Waals surface area contributed by atoms with E-state index in [1.54, 1.807) is 0 Å². The first-order chi connectivity index (χ1) is 11.2. The summed E-state index contributed by atoms with van der Waals surface area (Å²) < 4.78 is 0. The van der Waals surface area contributed by atoms with Gasteiger partial charge in [-0.2, -0.15) is 0 Å². The summed E-state index contributed by atoms with van der Waals surface area (Å²) in [6.45, 7) is 7.24. The third-order valence-corrected chi connectivity index (χ3v) is 3.70. The molecule has 0 radical (unpaired) electrons.